The molecule has 2 nitrogen and oxygen atoms in total. The fourth-order valence-corrected chi connectivity index (χ4v) is 1.39. The summed E-state index contributed by atoms with van der Waals surface area (Å²) in [5.74, 6) is 0.926. The molecule has 0 aliphatic rings. The first-order valence-corrected chi connectivity index (χ1v) is 4.84. The zero-order chi connectivity index (χ0) is 8.97. The number of ether oxygens (including phenoxy) is 1. The maximum atomic E-state index is 5.14. The van der Waals surface area contributed by atoms with Crippen LogP contribution >= 0.6 is 15.9 Å². The Kier molecular flexibility index (Phi) is 3.41. The van der Waals surface area contributed by atoms with Crippen LogP contribution in [0.15, 0.2) is 18.2 Å². The average Bonchev–Trinajstić information content (AvgIpc) is 2.05. The molecular weight excluding hydrogens is 218 g/mol. The van der Waals surface area contributed by atoms with Crippen LogP contribution in [-0.4, -0.2) is 12.6 Å². The Morgan fingerprint density at radius 2 is 2.25 bits per heavy atom. The lowest BCUT2D eigenvalue weighted by atomic mass is 10.2. The molecule has 1 rings (SSSR count). The van der Waals surface area contributed by atoms with Crippen molar-refractivity contribution in [1.82, 2.24) is 0 Å². The zero-order valence-electron chi connectivity index (χ0n) is 7.23. The first-order chi connectivity index (χ1) is 5.77. The molecule has 0 bridgehead atoms. The Balaban J connectivity index is 2.86. The second kappa shape index (κ2) is 4.36. The summed E-state index contributed by atoms with van der Waals surface area (Å²) in [6.45, 7) is 2.03. The fourth-order valence-electron chi connectivity index (χ4n) is 1.07. The van der Waals surface area contributed by atoms with Crippen molar-refractivity contribution in [2.24, 2.45) is 0 Å². The van der Waals surface area contributed by atoms with Crippen molar-refractivity contribution < 1.29 is 4.74 Å². The highest BCUT2D eigenvalue weighted by Gasteiger charge is 1.97. The van der Waals surface area contributed by atoms with Gasteiger partial charge in [0, 0.05) is 5.69 Å². The largest absolute Gasteiger partial charge is 0.496 e. The molecule has 3 heteroatoms. The molecule has 0 amide bonds. The number of nitrogens with one attached hydrogen (secondary N) is 1. The number of rotatable bonds is 3. The van der Waals surface area contributed by atoms with Gasteiger partial charge in [-0.1, -0.05) is 15.9 Å². The summed E-state index contributed by atoms with van der Waals surface area (Å²) in [4.78, 5) is 0. The standard InChI is InChI=1S/C9H12BrNO/c1-7-5-8(11-6-10)3-4-9(7)12-2/h3-5,11H,6H2,1-2H3. The number of halogens is 1. The van der Waals surface area contributed by atoms with Crippen LogP contribution in [0.5, 0.6) is 5.75 Å². The lowest BCUT2D eigenvalue weighted by molar-refractivity contribution is 0.412. The molecule has 1 aromatic rings. The highest BCUT2D eigenvalue weighted by atomic mass is 79.9. The molecule has 0 atom stereocenters. The van der Waals surface area contributed by atoms with Crippen LogP contribution < -0.4 is 10.1 Å². The third kappa shape index (κ3) is 2.14. The molecule has 0 fully saturated rings. The van der Waals surface area contributed by atoms with Gasteiger partial charge in [0.2, 0.25) is 0 Å². The monoisotopic (exact) mass is 229 g/mol. The predicted octanol–water partition coefficient (Wildman–Crippen LogP) is 2.77. The van der Waals surface area contributed by atoms with E-state index in [-0.39, 0.29) is 0 Å². The smallest absolute Gasteiger partial charge is 0.121 e. The first-order valence-electron chi connectivity index (χ1n) is 3.72. The summed E-state index contributed by atoms with van der Waals surface area (Å²) in [5, 5.41) is 3.16. The van der Waals surface area contributed by atoms with Crippen LogP contribution in [0.4, 0.5) is 5.69 Å². The number of methoxy groups -OCH3 is 1. The summed E-state index contributed by atoms with van der Waals surface area (Å²) < 4.78 is 5.14. The Morgan fingerprint density at radius 3 is 2.75 bits per heavy atom. The number of anilines is 1. The Hall–Kier alpha value is -0.700. The van der Waals surface area contributed by atoms with E-state index >= 15 is 0 Å². The highest BCUT2D eigenvalue weighted by Crippen LogP contribution is 2.21. The minimum Gasteiger partial charge on any atom is -0.496 e. The zero-order valence-corrected chi connectivity index (χ0v) is 8.81. The Bertz CT molecular complexity index is 263. The molecule has 0 aromatic heterocycles. The van der Waals surface area contributed by atoms with E-state index in [9.17, 15) is 0 Å². The Labute approximate surface area is 81.1 Å². The number of benzene rings is 1. The number of alkyl halides is 1. The SMILES string of the molecule is COc1ccc(NCBr)cc1C. The maximum absolute atomic E-state index is 5.14. The minimum atomic E-state index is 0.763. The molecule has 1 aromatic carbocycles. The van der Waals surface area contributed by atoms with Crippen molar-refractivity contribution in [2.45, 2.75) is 6.92 Å². The van der Waals surface area contributed by atoms with E-state index in [1.165, 1.54) is 0 Å². The van der Waals surface area contributed by atoms with Crippen LogP contribution in [-0.2, 0) is 0 Å². The minimum absolute atomic E-state index is 0.763. The van der Waals surface area contributed by atoms with Gasteiger partial charge < -0.3 is 10.1 Å². The molecule has 0 radical (unpaired) electrons. The molecule has 12 heavy (non-hydrogen) atoms. The number of hydrogen-bond acceptors (Lipinski definition) is 2. The molecule has 0 heterocycles. The van der Waals surface area contributed by atoms with E-state index in [4.69, 9.17) is 4.74 Å². The van der Waals surface area contributed by atoms with Gasteiger partial charge in [-0.15, -0.1) is 0 Å². The first kappa shape index (κ1) is 9.39. The summed E-state index contributed by atoms with van der Waals surface area (Å²) in [7, 11) is 1.68. The van der Waals surface area contributed by atoms with Gasteiger partial charge >= 0.3 is 0 Å². The van der Waals surface area contributed by atoms with E-state index in [0.29, 0.717) is 0 Å². The van der Waals surface area contributed by atoms with Crippen molar-refractivity contribution in [2.75, 3.05) is 17.9 Å². The molecule has 0 saturated carbocycles. The summed E-state index contributed by atoms with van der Waals surface area (Å²) in [6.07, 6.45) is 0. The van der Waals surface area contributed by atoms with Gasteiger partial charge in [-0.25, -0.2) is 0 Å². The molecule has 0 aliphatic carbocycles. The fraction of sp³-hybridized carbons (Fsp3) is 0.333. The van der Waals surface area contributed by atoms with Crippen molar-refractivity contribution in [3.05, 3.63) is 23.8 Å². The molecule has 66 valence electrons. The third-order valence-electron chi connectivity index (χ3n) is 1.67. The van der Waals surface area contributed by atoms with Crippen molar-refractivity contribution in [3.63, 3.8) is 0 Å². The van der Waals surface area contributed by atoms with Gasteiger partial charge in [0.05, 0.1) is 12.6 Å². The molecule has 0 spiro atoms. The highest BCUT2D eigenvalue weighted by molar-refractivity contribution is 9.09. The quantitative estimate of drug-likeness (QED) is 0.636. The van der Waals surface area contributed by atoms with E-state index in [0.717, 1.165) is 22.5 Å². The molecular formula is C9H12BrNO. The second-order valence-corrected chi connectivity index (χ2v) is 3.06. The Morgan fingerprint density at radius 1 is 1.50 bits per heavy atom. The summed E-state index contributed by atoms with van der Waals surface area (Å²) >= 11 is 3.30. The van der Waals surface area contributed by atoms with Crippen molar-refractivity contribution in [1.29, 1.82) is 0 Å². The summed E-state index contributed by atoms with van der Waals surface area (Å²) in [6, 6.07) is 6.01. The molecule has 0 unspecified atom stereocenters. The lowest BCUT2D eigenvalue weighted by Gasteiger charge is -2.07. The van der Waals surface area contributed by atoms with E-state index in [2.05, 4.69) is 27.3 Å². The number of hydrogen-bond donors (Lipinski definition) is 1. The second-order valence-electron chi connectivity index (χ2n) is 2.49. The normalized spacial score (nSPS) is 9.58. The topological polar surface area (TPSA) is 21.3 Å². The van der Waals surface area contributed by atoms with Crippen molar-refractivity contribution >= 4 is 21.6 Å². The molecule has 1 N–H and O–H groups in total. The van der Waals surface area contributed by atoms with E-state index in [1.807, 2.05) is 19.1 Å². The van der Waals surface area contributed by atoms with E-state index in [1.54, 1.807) is 7.11 Å². The summed E-state index contributed by atoms with van der Waals surface area (Å²) in [5.41, 5.74) is 3.01. The molecule has 0 saturated heterocycles. The maximum Gasteiger partial charge on any atom is 0.121 e. The predicted molar refractivity (Wildman–Crippen MR) is 55.1 cm³/mol. The molecule has 0 aliphatic heterocycles. The van der Waals surface area contributed by atoms with Crippen molar-refractivity contribution in [3.8, 4) is 5.75 Å². The van der Waals surface area contributed by atoms with Gasteiger partial charge in [0.25, 0.3) is 0 Å². The van der Waals surface area contributed by atoms with Gasteiger partial charge in [-0.3, -0.25) is 0 Å². The van der Waals surface area contributed by atoms with Crippen LogP contribution in [0.3, 0.4) is 0 Å². The van der Waals surface area contributed by atoms with Crippen LogP contribution in [0, 0.1) is 6.92 Å². The van der Waals surface area contributed by atoms with Gasteiger partial charge in [-0.05, 0) is 30.7 Å². The number of aryl methyl sites for hydroxylation is 1. The van der Waals surface area contributed by atoms with Crippen LogP contribution in [0.25, 0.3) is 0 Å². The van der Waals surface area contributed by atoms with Gasteiger partial charge in [0.1, 0.15) is 5.75 Å². The average molecular weight is 230 g/mol. The van der Waals surface area contributed by atoms with Crippen LogP contribution in [0.2, 0.25) is 0 Å². The van der Waals surface area contributed by atoms with Gasteiger partial charge in [0.15, 0.2) is 0 Å². The lowest BCUT2D eigenvalue weighted by Crippen LogP contribution is -1.95. The van der Waals surface area contributed by atoms with Gasteiger partial charge in [-0.2, -0.15) is 0 Å². The van der Waals surface area contributed by atoms with Crippen LogP contribution in [0.1, 0.15) is 5.56 Å². The third-order valence-corrected chi connectivity index (χ3v) is 1.95. The van der Waals surface area contributed by atoms with E-state index < -0.39 is 0 Å².